The number of amides is 4. The molecule has 0 spiro atoms. The Labute approximate surface area is 861 Å². The van der Waals surface area contributed by atoms with E-state index in [0.717, 1.165) is 71.1 Å². The molecule has 7 heterocycles. The Hall–Kier alpha value is -5.22. The zero-order chi connectivity index (χ0) is 109. The Kier molecular flexibility index (Phi) is 59.3. The van der Waals surface area contributed by atoms with Crippen LogP contribution in [0.4, 0.5) is 0 Å². The van der Waals surface area contributed by atoms with Crippen molar-refractivity contribution < 1.29 is 228 Å². The summed E-state index contributed by atoms with van der Waals surface area (Å²) in [6.45, 7) is -6.63. The summed E-state index contributed by atoms with van der Waals surface area (Å²) >= 11 is 0. The number of carboxylic acid groups (broad SMARTS) is 2. The lowest BCUT2D eigenvalue weighted by Gasteiger charge is -2.52. The Morgan fingerprint density at radius 1 is 0.372 bits per heavy atom. The van der Waals surface area contributed by atoms with Crippen LogP contribution < -0.4 is 21.3 Å². The maximum absolute atomic E-state index is 13.8. The number of aliphatic hydroxyl groups is 24. The van der Waals surface area contributed by atoms with Crippen molar-refractivity contribution in [3.8, 4) is 0 Å². The monoisotopic (exact) mass is 2140 g/mol. The van der Waals surface area contributed by atoms with Crippen LogP contribution in [0.3, 0.4) is 0 Å². The van der Waals surface area contributed by atoms with E-state index in [0.29, 0.717) is 12.8 Å². The van der Waals surface area contributed by atoms with E-state index in [9.17, 15) is 162 Å². The molecule has 0 bridgehead atoms. The summed E-state index contributed by atoms with van der Waals surface area (Å²) in [6, 6.07) is -7.38. The first-order valence-electron chi connectivity index (χ1n) is 52.7. The topological polar surface area (TPSA) is 806 Å². The predicted molar refractivity (Wildman–Crippen MR) is 512 cm³/mol. The van der Waals surface area contributed by atoms with E-state index >= 15 is 0 Å². The quantitative estimate of drug-likeness (QED) is 0.0200. The van der Waals surface area contributed by atoms with Crippen LogP contribution in [0.15, 0.2) is 24.3 Å². The third kappa shape index (κ3) is 38.4. The van der Waals surface area contributed by atoms with E-state index in [4.69, 9.17) is 66.3 Å². The highest BCUT2D eigenvalue weighted by Gasteiger charge is 2.64. The van der Waals surface area contributed by atoms with Gasteiger partial charge < -0.3 is 220 Å². The molecule has 0 radical (unpaired) electrons. The number of aliphatic hydroxyl groups excluding tert-OH is 24. The van der Waals surface area contributed by atoms with Crippen molar-refractivity contribution in [3.05, 3.63) is 24.3 Å². The first-order valence-corrected chi connectivity index (χ1v) is 52.7. The Bertz CT molecular complexity index is 3790. The molecule has 7 rings (SSSR count). The minimum atomic E-state index is -3.64. The molecule has 39 atom stereocenters. The van der Waals surface area contributed by atoms with Crippen LogP contribution in [-0.2, 0) is 95.1 Å². The fraction of sp³-hybridized carbons (Fsp3) is 0.898. The first kappa shape index (κ1) is 130. The van der Waals surface area contributed by atoms with Gasteiger partial charge in [0, 0.05) is 26.2 Å². The molecule has 0 aliphatic carbocycles. The minimum Gasteiger partial charge on any atom is -0.477 e. The Morgan fingerprint density at radius 3 is 1.17 bits per heavy atom. The lowest BCUT2D eigenvalue weighted by molar-refractivity contribution is -0.393. The molecule has 14 unspecified atom stereocenters. The molecular weight excluding hydrogens is 1970 g/mol. The number of hydrogen-bond acceptors (Lipinski definition) is 44. The fourth-order valence-corrected chi connectivity index (χ4v) is 19.5. The van der Waals surface area contributed by atoms with Gasteiger partial charge >= 0.3 is 11.9 Å². The summed E-state index contributed by atoms with van der Waals surface area (Å²) in [7, 11) is 0. The standard InChI is InChI=1S/C98H172N4O46/c1-4-6-8-10-12-14-16-18-19-20-21-22-23-24-25-26-27-29-31-33-35-37-39-41-66(117)100-55(56(113)40-38-36-34-32-30-28-17-15-13-11-9-7-5-2)53-135-91-79(127)77(125)83(64(49-108)139-91)141-92-80(128)78(126)84(65(50-109)140-92)142-93-81(129)88(74(122)61(46-105)137-93)144-90-71(99-54(3)112)85(73(121)60(45-104)136-90)143-94-82(130)89(75(123)62(47-106)138-94)148-98(96(133)134)43-58(115)70(102-68(119)52-111)87(147-98)76(124)63(48-107)145-97(95(131)132)42-57(114)69(101-67(118)51-110)86(146-97)72(120)59(116)44-103/h18-19,38,40,55-65,69-94,103-111,113-116,120-130H,4-17,20-37,39,41-53H2,1-3H3,(H,99,112)(H,100,117)(H,101,118)(H,102,119)(H,131,132)(H,133,134)/b19-18-,40-38+/t55-,56+,57?,58?,59+,60?,61?,62?,63+,64?,65?,69+,70+,71?,72+,73-,74-,75-,76+,77+,78+,79?,80?,81?,82?,83+,84-,85+,86?,87?,88-,89-,90-,91+,92-,93-,94-,97+,98-/m0/s1. The van der Waals surface area contributed by atoms with Crippen molar-refractivity contribution in [2.24, 2.45) is 0 Å². The third-order valence-electron chi connectivity index (χ3n) is 28.1. The molecule has 0 aromatic carbocycles. The molecule has 0 aromatic heterocycles. The number of unbranched alkanes of at least 4 members (excludes halogenated alkanes) is 30. The molecule has 148 heavy (non-hydrogen) atoms. The highest BCUT2D eigenvalue weighted by molar-refractivity contribution is 5.79. The van der Waals surface area contributed by atoms with Crippen LogP contribution in [0, 0.1) is 0 Å². The average Bonchev–Trinajstić information content (AvgIpc) is 0.746. The lowest BCUT2D eigenvalue weighted by atomic mass is 9.87. The van der Waals surface area contributed by atoms with Gasteiger partial charge in [0.05, 0.1) is 89.3 Å². The van der Waals surface area contributed by atoms with Crippen molar-refractivity contribution in [2.75, 3.05) is 66.1 Å². The Morgan fingerprint density at radius 2 is 0.736 bits per heavy atom. The zero-order valence-electron chi connectivity index (χ0n) is 85.0. The highest BCUT2D eigenvalue weighted by Crippen LogP contribution is 2.43. The van der Waals surface area contributed by atoms with Crippen molar-refractivity contribution >= 4 is 35.6 Å². The maximum Gasteiger partial charge on any atom is 0.364 e. The van der Waals surface area contributed by atoms with Gasteiger partial charge in [-0.25, -0.2) is 9.59 Å². The smallest absolute Gasteiger partial charge is 0.364 e. The zero-order valence-corrected chi connectivity index (χ0v) is 85.0. The molecular formula is C98H172N4O46. The average molecular weight is 2140 g/mol. The Balaban J connectivity index is 1.00. The van der Waals surface area contributed by atoms with Gasteiger partial charge in [-0.05, 0) is 44.9 Å². The summed E-state index contributed by atoms with van der Waals surface area (Å²) in [5, 5.41) is 301. The molecule has 50 nitrogen and oxygen atoms in total. The molecule has 7 aliphatic heterocycles. The summed E-state index contributed by atoms with van der Waals surface area (Å²) in [5.41, 5.74) is 0. The molecule has 4 amide bonds. The predicted octanol–water partition coefficient (Wildman–Crippen LogP) is -5.20. The summed E-state index contributed by atoms with van der Waals surface area (Å²) in [5.74, 6) is -15.8. The van der Waals surface area contributed by atoms with Crippen LogP contribution in [0.1, 0.15) is 252 Å². The second-order valence-electron chi connectivity index (χ2n) is 39.6. The van der Waals surface area contributed by atoms with Gasteiger partial charge in [0.1, 0.15) is 172 Å². The molecule has 50 heteroatoms. The lowest BCUT2D eigenvalue weighted by Crippen LogP contribution is -2.72. The molecule has 7 fully saturated rings. The number of aliphatic carboxylic acids is 2. The van der Waals surface area contributed by atoms with E-state index in [1.165, 1.54) is 135 Å². The second kappa shape index (κ2) is 67.7. The van der Waals surface area contributed by atoms with Gasteiger partial charge in [0.15, 0.2) is 31.5 Å². The van der Waals surface area contributed by atoms with Crippen molar-refractivity contribution in [2.45, 2.75) is 490 Å². The van der Waals surface area contributed by atoms with Gasteiger partial charge in [0.25, 0.3) is 11.6 Å². The van der Waals surface area contributed by atoms with Gasteiger partial charge in [-0.1, -0.05) is 205 Å². The van der Waals surface area contributed by atoms with Crippen LogP contribution in [0.25, 0.3) is 0 Å². The normalized spacial score (nSPS) is 35.0. The van der Waals surface area contributed by atoms with Crippen molar-refractivity contribution in [1.82, 2.24) is 21.3 Å². The number of hydrogen-bond donors (Lipinski definition) is 30. The van der Waals surface area contributed by atoms with E-state index in [-0.39, 0.29) is 12.3 Å². The van der Waals surface area contributed by atoms with Crippen molar-refractivity contribution in [3.63, 3.8) is 0 Å². The van der Waals surface area contributed by atoms with Crippen LogP contribution in [0.2, 0.25) is 0 Å². The number of nitrogens with one attached hydrogen (secondary N) is 4. The molecule has 0 aromatic rings. The van der Waals surface area contributed by atoms with Crippen LogP contribution in [-0.4, -0.2) is 473 Å². The number of carbonyl (C=O) groups excluding carboxylic acids is 4. The molecule has 7 saturated heterocycles. The molecule has 860 valence electrons. The van der Waals surface area contributed by atoms with Gasteiger partial charge in [-0.2, -0.15) is 0 Å². The number of carboxylic acids is 2. The van der Waals surface area contributed by atoms with E-state index < -0.39 is 347 Å². The van der Waals surface area contributed by atoms with E-state index in [1.807, 2.05) is 16.7 Å². The van der Waals surface area contributed by atoms with Crippen LogP contribution >= 0.6 is 0 Å². The summed E-state index contributed by atoms with van der Waals surface area (Å²) in [6.07, 6.45) is -30.5. The highest BCUT2D eigenvalue weighted by atomic mass is 16.8. The summed E-state index contributed by atoms with van der Waals surface area (Å²) < 4.78 is 82.3. The largest absolute Gasteiger partial charge is 0.477 e. The third-order valence-corrected chi connectivity index (χ3v) is 28.1. The molecule has 7 aliphatic rings. The molecule has 0 saturated carbocycles. The number of ether oxygens (including phenoxy) is 14. The maximum atomic E-state index is 13.8. The van der Waals surface area contributed by atoms with Gasteiger partial charge in [-0.15, -0.1) is 0 Å². The van der Waals surface area contributed by atoms with Crippen LogP contribution in [0.5, 0.6) is 0 Å². The van der Waals surface area contributed by atoms with Crippen molar-refractivity contribution in [1.29, 1.82) is 0 Å². The van der Waals surface area contributed by atoms with Gasteiger partial charge in [0.2, 0.25) is 23.6 Å². The van der Waals surface area contributed by atoms with E-state index in [2.05, 4.69) is 36.6 Å². The second-order valence-corrected chi connectivity index (χ2v) is 39.6. The first-order chi connectivity index (χ1) is 70.9. The minimum absolute atomic E-state index is 0.138. The fourth-order valence-electron chi connectivity index (χ4n) is 19.5. The van der Waals surface area contributed by atoms with Gasteiger partial charge in [-0.3, -0.25) is 19.2 Å². The molecule has 30 N–H and O–H groups in total. The SMILES string of the molecule is CCCCCCCC/C=C\CCCCCCCCCCCCCCCC(=O)N[C@@H](CO[C@@H]1OC(CO)[C@@H](O[C@@H]2OC(CO)[C@H](O[C@@H]3OC(CO)[C@H](O)[C@H](O[C@@H]4OC(CO)[C@H](O)[C@H](O[C@@H]5OC(CO)[C@H](O)[C@H](O[C@]6(C(=O)O)CC(O)[C@@H](NC(=O)CO)C([C@H](O)[C@@H](CO)O[C@]7(C(=O)O)CC(O)[C@@H](NC(=O)CO)C([C@H](O)[C@H](O)CO)O7)O6)C5O)C4NC(C)=O)C3O)[C@H](O)C2O)[C@H](O)C1O)[C@H](O)/C=C/CCCCCCCCCCCCC. The summed E-state index contributed by atoms with van der Waals surface area (Å²) in [4.78, 5) is 79.4. The number of rotatable bonds is 71. The van der Waals surface area contributed by atoms with E-state index in [1.54, 1.807) is 6.08 Å². The number of allylic oxidation sites excluding steroid dienone is 3. The number of carbonyl (C=O) groups is 6.